The molecule has 2 N–H and O–H groups in total. The maximum absolute atomic E-state index is 12.5. The van der Waals surface area contributed by atoms with Gasteiger partial charge in [-0.1, -0.05) is 11.8 Å². The Balaban J connectivity index is 1.71. The van der Waals surface area contributed by atoms with Crippen molar-refractivity contribution in [2.24, 2.45) is 0 Å². The van der Waals surface area contributed by atoms with E-state index in [0.29, 0.717) is 18.5 Å². The van der Waals surface area contributed by atoms with Gasteiger partial charge >= 0.3 is 0 Å². The number of aliphatic hydroxyl groups is 1. The molecule has 0 aliphatic carbocycles. The summed E-state index contributed by atoms with van der Waals surface area (Å²) in [7, 11) is 0. The van der Waals surface area contributed by atoms with Gasteiger partial charge in [-0.15, -0.1) is 0 Å². The fourth-order valence-electron chi connectivity index (χ4n) is 2.98. The van der Waals surface area contributed by atoms with Gasteiger partial charge in [0.1, 0.15) is 12.6 Å². The molecule has 2 heterocycles. The number of piperidine rings is 1. The molecule has 0 spiro atoms. The molecule has 2 aliphatic heterocycles. The zero-order valence-corrected chi connectivity index (χ0v) is 13.6. The Morgan fingerprint density at radius 3 is 2.92 bits per heavy atom. The van der Waals surface area contributed by atoms with Gasteiger partial charge in [0.25, 0.3) is 5.91 Å². The molecule has 2 aliphatic rings. The molecule has 1 aromatic rings. The van der Waals surface area contributed by atoms with Gasteiger partial charge in [-0.3, -0.25) is 19.7 Å². The Bertz CT molecular complexity index is 777. The van der Waals surface area contributed by atoms with E-state index in [1.807, 2.05) is 6.07 Å². The van der Waals surface area contributed by atoms with Crippen LogP contribution in [0.2, 0.25) is 0 Å². The van der Waals surface area contributed by atoms with Gasteiger partial charge in [0.2, 0.25) is 11.8 Å². The zero-order chi connectivity index (χ0) is 17.8. The number of carbonyl (C=O) groups excluding carboxylic acids is 3. The van der Waals surface area contributed by atoms with Crippen LogP contribution < -0.4 is 5.32 Å². The largest absolute Gasteiger partial charge is 0.394 e. The van der Waals surface area contributed by atoms with Crippen molar-refractivity contribution >= 4 is 17.7 Å². The van der Waals surface area contributed by atoms with Crippen molar-refractivity contribution in [3.8, 4) is 11.8 Å². The molecule has 25 heavy (non-hydrogen) atoms. The van der Waals surface area contributed by atoms with E-state index in [1.54, 1.807) is 12.1 Å². The molecule has 0 aromatic heterocycles. The topological polar surface area (TPSA) is 95.9 Å². The van der Waals surface area contributed by atoms with Crippen LogP contribution in [0.4, 0.5) is 0 Å². The van der Waals surface area contributed by atoms with E-state index < -0.39 is 11.9 Å². The molecule has 1 aromatic carbocycles. The van der Waals surface area contributed by atoms with Gasteiger partial charge in [-0.2, -0.15) is 0 Å². The fourth-order valence-corrected chi connectivity index (χ4v) is 2.98. The Hall–Kier alpha value is -2.69. The molecule has 1 unspecified atom stereocenters. The Morgan fingerprint density at radius 1 is 1.32 bits per heavy atom. The second-order valence-corrected chi connectivity index (χ2v) is 5.85. The number of amides is 3. The van der Waals surface area contributed by atoms with E-state index in [1.165, 1.54) is 4.90 Å². The van der Waals surface area contributed by atoms with Crippen LogP contribution in [0.3, 0.4) is 0 Å². The van der Waals surface area contributed by atoms with E-state index in [0.717, 1.165) is 11.1 Å². The quantitative estimate of drug-likeness (QED) is 0.449. The van der Waals surface area contributed by atoms with E-state index in [9.17, 15) is 14.4 Å². The highest BCUT2D eigenvalue weighted by atomic mass is 16.5. The standard InChI is InChI=1S/C18H18N2O5/c21-7-9-25-8-1-2-12-3-4-14-13(10-12)11-20(18(14)24)15-5-6-16(22)19-17(15)23/h3-4,10,15,21H,5-9,11H2,(H,19,22,23). The summed E-state index contributed by atoms with van der Waals surface area (Å²) in [5.41, 5.74) is 2.13. The van der Waals surface area contributed by atoms with Gasteiger partial charge in [0.15, 0.2) is 0 Å². The lowest BCUT2D eigenvalue weighted by molar-refractivity contribution is -0.136. The minimum Gasteiger partial charge on any atom is -0.394 e. The van der Waals surface area contributed by atoms with Crippen molar-refractivity contribution in [2.75, 3.05) is 19.8 Å². The van der Waals surface area contributed by atoms with Crippen molar-refractivity contribution in [3.05, 3.63) is 34.9 Å². The number of hydrogen-bond acceptors (Lipinski definition) is 5. The predicted octanol–water partition coefficient (Wildman–Crippen LogP) is -0.192. The van der Waals surface area contributed by atoms with E-state index in [2.05, 4.69) is 17.2 Å². The second-order valence-electron chi connectivity index (χ2n) is 5.85. The Morgan fingerprint density at radius 2 is 2.16 bits per heavy atom. The average Bonchev–Trinajstić information content (AvgIpc) is 2.91. The van der Waals surface area contributed by atoms with Crippen LogP contribution in [0.15, 0.2) is 18.2 Å². The van der Waals surface area contributed by atoms with Crippen molar-refractivity contribution in [3.63, 3.8) is 0 Å². The number of hydrogen-bond donors (Lipinski definition) is 2. The molecule has 0 radical (unpaired) electrons. The van der Waals surface area contributed by atoms with Crippen LogP contribution in [-0.2, 0) is 20.9 Å². The third-order valence-electron chi connectivity index (χ3n) is 4.17. The molecule has 3 amide bonds. The third-order valence-corrected chi connectivity index (χ3v) is 4.17. The van der Waals surface area contributed by atoms with Crippen LogP contribution in [0.25, 0.3) is 0 Å². The lowest BCUT2D eigenvalue weighted by Gasteiger charge is -2.29. The maximum atomic E-state index is 12.5. The summed E-state index contributed by atoms with van der Waals surface area (Å²) < 4.78 is 5.07. The molecule has 0 bridgehead atoms. The van der Waals surface area contributed by atoms with Crippen molar-refractivity contribution in [1.82, 2.24) is 10.2 Å². The molecular formula is C18H18N2O5. The zero-order valence-electron chi connectivity index (χ0n) is 13.6. The van der Waals surface area contributed by atoms with Gasteiger partial charge in [0.05, 0.1) is 13.2 Å². The van der Waals surface area contributed by atoms with E-state index in [-0.39, 0.29) is 38.1 Å². The highest BCUT2D eigenvalue weighted by Gasteiger charge is 2.38. The smallest absolute Gasteiger partial charge is 0.255 e. The van der Waals surface area contributed by atoms with Gasteiger partial charge < -0.3 is 14.7 Å². The molecular weight excluding hydrogens is 324 g/mol. The molecule has 7 heteroatoms. The number of fused-ring (bicyclic) bond motifs is 1. The number of ether oxygens (including phenoxy) is 1. The first kappa shape index (κ1) is 17.1. The van der Waals surface area contributed by atoms with Crippen LogP contribution in [-0.4, -0.2) is 53.6 Å². The van der Waals surface area contributed by atoms with Crippen LogP contribution in [0.5, 0.6) is 0 Å². The molecule has 1 atom stereocenters. The van der Waals surface area contributed by atoms with Crippen molar-refractivity contribution in [1.29, 1.82) is 0 Å². The molecule has 1 saturated heterocycles. The van der Waals surface area contributed by atoms with E-state index >= 15 is 0 Å². The number of imide groups is 1. The van der Waals surface area contributed by atoms with Gasteiger partial charge in [-0.05, 0) is 30.2 Å². The molecule has 0 saturated carbocycles. The average molecular weight is 342 g/mol. The summed E-state index contributed by atoms with van der Waals surface area (Å²) in [6.07, 6.45) is 0.584. The number of aliphatic hydroxyl groups excluding tert-OH is 1. The summed E-state index contributed by atoms with van der Waals surface area (Å²) in [5, 5.41) is 10.9. The van der Waals surface area contributed by atoms with Crippen LogP contribution >= 0.6 is 0 Å². The molecule has 7 nitrogen and oxygen atoms in total. The summed E-state index contributed by atoms with van der Waals surface area (Å²) in [6.45, 7) is 0.753. The first-order valence-corrected chi connectivity index (χ1v) is 8.05. The Labute approximate surface area is 145 Å². The minimum absolute atomic E-state index is 0.0428. The fraction of sp³-hybridized carbons (Fsp3) is 0.389. The molecule has 130 valence electrons. The third kappa shape index (κ3) is 3.71. The summed E-state index contributed by atoms with van der Waals surface area (Å²) >= 11 is 0. The number of nitrogens with zero attached hydrogens (tertiary/aromatic N) is 1. The number of nitrogens with one attached hydrogen (secondary N) is 1. The van der Waals surface area contributed by atoms with Crippen molar-refractivity contribution < 1.29 is 24.2 Å². The van der Waals surface area contributed by atoms with E-state index in [4.69, 9.17) is 9.84 Å². The van der Waals surface area contributed by atoms with Gasteiger partial charge in [-0.25, -0.2) is 0 Å². The van der Waals surface area contributed by atoms with Crippen molar-refractivity contribution in [2.45, 2.75) is 25.4 Å². The number of carbonyl (C=O) groups is 3. The number of rotatable bonds is 4. The molecule has 1 fully saturated rings. The lowest BCUT2D eigenvalue weighted by atomic mass is 10.0. The molecule has 3 rings (SSSR count). The highest BCUT2D eigenvalue weighted by Crippen LogP contribution is 2.27. The second kappa shape index (κ2) is 7.47. The summed E-state index contributed by atoms with van der Waals surface area (Å²) in [5.74, 6) is 4.87. The minimum atomic E-state index is -0.612. The number of benzene rings is 1. The predicted molar refractivity (Wildman–Crippen MR) is 87.3 cm³/mol. The maximum Gasteiger partial charge on any atom is 0.255 e. The summed E-state index contributed by atoms with van der Waals surface area (Å²) in [4.78, 5) is 37.3. The summed E-state index contributed by atoms with van der Waals surface area (Å²) in [6, 6.07) is 4.68. The van der Waals surface area contributed by atoms with Crippen LogP contribution in [0, 0.1) is 11.8 Å². The highest BCUT2D eigenvalue weighted by molar-refractivity contribution is 6.05. The Kier molecular flexibility index (Phi) is 5.12. The first-order valence-electron chi connectivity index (χ1n) is 8.05. The normalized spacial score (nSPS) is 19.3. The lowest BCUT2D eigenvalue weighted by Crippen LogP contribution is -2.52. The monoisotopic (exact) mass is 342 g/mol. The first-order chi connectivity index (χ1) is 12.1. The SMILES string of the molecule is O=C1CCC(N2Cc3cc(C#CCOCCO)ccc3C2=O)C(=O)N1. The van der Waals surface area contributed by atoms with Crippen LogP contribution in [0.1, 0.15) is 34.3 Å². The van der Waals surface area contributed by atoms with Gasteiger partial charge in [0, 0.05) is 24.1 Å².